The van der Waals surface area contributed by atoms with E-state index in [0.717, 1.165) is 0 Å². The first-order valence-corrected chi connectivity index (χ1v) is 10.6. The van der Waals surface area contributed by atoms with Crippen molar-refractivity contribution >= 4 is 41.6 Å². The highest BCUT2D eigenvalue weighted by Crippen LogP contribution is 2.03. The number of carboxylic acids is 3. The molecular weight excluding hydrogens is 470 g/mol. The molecule has 16 nitrogen and oxygen atoms in total. The topological polar surface area (TPSA) is 290 Å². The number of aliphatic imine (C=N–C) groups is 1. The molecule has 0 aliphatic heterocycles. The van der Waals surface area contributed by atoms with Crippen LogP contribution in [-0.2, 0) is 28.8 Å². The van der Waals surface area contributed by atoms with Crippen molar-refractivity contribution in [3.8, 4) is 0 Å². The molecule has 4 atom stereocenters. The minimum Gasteiger partial charge on any atom is -0.481 e. The van der Waals surface area contributed by atoms with Gasteiger partial charge in [-0.25, -0.2) is 4.79 Å². The van der Waals surface area contributed by atoms with Crippen LogP contribution in [0.15, 0.2) is 4.99 Å². The van der Waals surface area contributed by atoms with Crippen LogP contribution in [0, 0.1) is 0 Å². The first-order chi connectivity index (χ1) is 16.2. The van der Waals surface area contributed by atoms with E-state index in [0.29, 0.717) is 6.42 Å². The highest BCUT2D eigenvalue weighted by molar-refractivity contribution is 5.94. The summed E-state index contributed by atoms with van der Waals surface area (Å²) < 4.78 is 0. The quantitative estimate of drug-likeness (QED) is 0.0534. The number of carbonyl (C=O) groups excluding carboxylic acids is 3. The van der Waals surface area contributed by atoms with Crippen molar-refractivity contribution in [2.24, 2.45) is 22.2 Å². The van der Waals surface area contributed by atoms with Gasteiger partial charge in [0, 0.05) is 19.4 Å². The predicted molar refractivity (Wildman–Crippen MR) is 121 cm³/mol. The van der Waals surface area contributed by atoms with Gasteiger partial charge in [0.1, 0.15) is 18.1 Å². The Morgan fingerprint density at radius 2 is 1.29 bits per heavy atom. The van der Waals surface area contributed by atoms with Crippen molar-refractivity contribution in [3.63, 3.8) is 0 Å². The zero-order chi connectivity index (χ0) is 27.1. The lowest BCUT2D eigenvalue weighted by Crippen LogP contribution is -2.56. The molecule has 0 aromatic heterocycles. The summed E-state index contributed by atoms with van der Waals surface area (Å²) in [6.45, 7) is 1.46. The maximum absolute atomic E-state index is 12.6. The van der Waals surface area contributed by atoms with E-state index in [4.69, 9.17) is 32.5 Å². The maximum atomic E-state index is 12.6. The van der Waals surface area contributed by atoms with Gasteiger partial charge in [-0.3, -0.25) is 29.0 Å². The molecule has 4 unspecified atom stereocenters. The summed E-state index contributed by atoms with van der Waals surface area (Å²) in [5, 5.41) is 33.5. The van der Waals surface area contributed by atoms with Crippen LogP contribution in [0.25, 0.3) is 0 Å². The Kier molecular flexibility index (Phi) is 14.0. The molecular formula is C19H33N7O9. The van der Waals surface area contributed by atoms with Crippen molar-refractivity contribution in [2.75, 3.05) is 6.54 Å². The minimum atomic E-state index is -1.50. The molecule has 0 bridgehead atoms. The summed E-state index contributed by atoms with van der Waals surface area (Å²) in [6.07, 6.45) is -1.14. The second-order valence-corrected chi connectivity index (χ2v) is 7.61. The number of nitrogens with one attached hydrogen (secondary N) is 3. The molecule has 0 heterocycles. The summed E-state index contributed by atoms with van der Waals surface area (Å²) in [6, 6.07) is -5.18. The number of carbonyl (C=O) groups is 6. The number of nitrogens with two attached hydrogens (primary N) is 3. The zero-order valence-electron chi connectivity index (χ0n) is 19.2. The number of nitrogens with zero attached hydrogens (tertiary/aromatic N) is 1. The van der Waals surface area contributed by atoms with E-state index >= 15 is 0 Å². The number of amides is 3. The van der Waals surface area contributed by atoms with Crippen LogP contribution in [0.1, 0.15) is 45.4 Å². The third-order valence-electron chi connectivity index (χ3n) is 4.60. The van der Waals surface area contributed by atoms with Gasteiger partial charge in [0.2, 0.25) is 17.7 Å². The average molecular weight is 504 g/mol. The van der Waals surface area contributed by atoms with Gasteiger partial charge in [-0.15, -0.1) is 0 Å². The molecule has 198 valence electrons. The summed E-state index contributed by atoms with van der Waals surface area (Å²) in [4.78, 5) is 73.8. The SMILES string of the molecule is CC(NC(=O)C(CCC(=O)O)NC(=O)C(N)CCCN=C(N)N)C(=O)NC(CCC(=O)O)C(=O)O. The smallest absolute Gasteiger partial charge is 0.326 e. The largest absolute Gasteiger partial charge is 0.481 e. The van der Waals surface area contributed by atoms with Crippen LogP contribution < -0.4 is 33.2 Å². The monoisotopic (exact) mass is 503 g/mol. The van der Waals surface area contributed by atoms with Crippen LogP contribution in [0.4, 0.5) is 0 Å². The van der Waals surface area contributed by atoms with Crippen molar-refractivity contribution < 1.29 is 44.1 Å². The maximum Gasteiger partial charge on any atom is 0.326 e. The summed E-state index contributed by atoms with van der Waals surface area (Å²) in [5.74, 6) is -6.62. The molecule has 35 heavy (non-hydrogen) atoms. The van der Waals surface area contributed by atoms with Crippen LogP contribution in [-0.4, -0.2) is 87.6 Å². The molecule has 0 aliphatic rings. The normalized spacial score (nSPS) is 13.9. The highest BCUT2D eigenvalue weighted by atomic mass is 16.4. The first kappa shape index (κ1) is 31.0. The molecule has 16 heteroatoms. The van der Waals surface area contributed by atoms with E-state index < -0.39 is 72.6 Å². The van der Waals surface area contributed by atoms with Crippen molar-refractivity contribution in [3.05, 3.63) is 0 Å². The summed E-state index contributed by atoms with van der Waals surface area (Å²) >= 11 is 0. The van der Waals surface area contributed by atoms with E-state index in [9.17, 15) is 28.8 Å². The van der Waals surface area contributed by atoms with E-state index in [1.807, 2.05) is 0 Å². The summed E-state index contributed by atoms with van der Waals surface area (Å²) in [5.41, 5.74) is 16.2. The van der Waals surface area contributed by atoms with Gasteiger partial charge in [-0.05, 0) is 32.6 Å². The lowest BCUT2D eigenvalue weighted by atomic mass is 10.1. The van der Waals surface area contributed by atoms with Gasteiger partial charge in [-0.2, -0.15) is 0 Å². The van der Waals surface area contributed by atoms with Crippen LogP contribution in [0.5, 0.6) is 0 Å². The fourth-order valence-electron chi connectivity index (χ4n) is 2.67. The number of hydrogen-bond acceptors (Lipinski definition) is 8. The van der Waals surface area contributed by atoms with E-state index in [1.54, 1.807) is 0 Å². The number of guanidine groups is 1. The second-order valence-electron chi connectivity index (χ2n) is 7.61. The number of rotatable bonds is 17. The Morgan fingerprint density at radius 3 is 1.77 bits per heavy atom. The molecule has 0 radical (unpaired) electrons. The Labute approximate surface area is 200 Å². The van der Waals surface area contributed by atoms with Crippen molar-refractivity contribution in [1.82, 2.24) is 16.0 Å². The first-order valence-electron chi connectivity index (χ1n) is 10.6. The zero-order valence-corrected chi connectivity index (χ0v) is 19.2. The Balaban J connectivity index is 5.09. The molecule has 0 aromatic carbocycles. The van der Waals surface area contributed by atoms with Gasteiger partial charge in [0.15, 0.2) is 5.96 Å². The van der Waals surface area contributed by atoms with Gasteiger partial charge >= 0.3 is 17.9 Å². The van der Waals surface area contributed by atoms with E-state index in [1.165, 1.54) is 6.92 Å². The fourth-order valence-corrected chi connectivity index (χ4v) is 2.67. The van der Waals surface area contributed by atoms with Gasteiger partial charge < -0.3 is 48.5 Å². The molecule has 0 saturated carbocycles. The fraction of sp³-hybridized carbons (Fsp3) is 0.632. The van der Waals surface area contributed by atoms with Gasteiger partial charge in [-0.1, -0.05) is 0 Å². The average Bonchev–Trinajstić information content (AvgIpc) is 2.75. The third kappa shape index (κ3) is 14.0. The molecule has 0 spiro atoms. The van der Waals surface area contributed by atoms with E-state index in [2.05, 4.69) is 20.9 Å². The number of carboxylic acid groups (broad SMARTS) is 3. The molecule has 12 N–H and O–H groups in total. The lowest BCUT2D eigenvalue weighted by Gasteiger charge is -2.23. The molecule has 0 fully saturated rings. The third-order valence-corrected chi connectivity index (χ3v) is 4.60. The highest BCUT2D eigenvalue weighted by Gasteiger charge is 2.28. The Bertz CT molecular complexity index is 814. The lowest BCUT2D eigenvalue weighted by molar-refractivity contribution is -0.143. The molecule has 3 amide bonds. The van der Waals surface area contributed by atoms with Crippen LogP contribution in [0.3, 0.4) is 0 Å². The van der Waals surface area contributed by atoms with Gasteiger partial charge in [0.05, 0.1) is 6.04 Å². The van der Waals surface area contributed by atoms with E-state index in [-0.39, 0.29) is 31.8 Å². The standard InChI is InChI=1S/C19H33N7O9/c1-9(15(31)26-12(18(34)35)5-7-14(29)30)24-17(33)11(4-6-13(27)28)25-16(32)10(20)3-2-8-23-19(21)22/h9-12H,2-8,20H2,1H3,(H,24,33)(H,25,32)(H,26,31)(H,27,28)(H,29,30)(H,34,35)(H4,21,22,23). The molecule has 0 saturated heterocycles. The van der Waals surface area contributed by atoms with Crippen LogP contribution >= 0.6 is 0 Å². The molecule has 0 rings (SSSR count). The van der Waals surface area contributed by atoms with Gasteiger partial charge in [0.25, 0.3) is 0 Å². The molecule has 0 aromatic rings. The second kappa shape index (κ2) is 15.8. The Morgan fingerprint density at radius 1 is 0.771 bits per heavy atom. The Hall–Kier alpha value is -3.95. The summed E-state index contributed by atoms with van der Waals surface area (Å²) in [7, 11) is 0. The predicted octanol–water partition coefficient (Wildman–Crippen LogP) is -3.34. The number of hydrogen-bond donors (Lipinski definition) is 9. The van der Waals surface area contributed by atoms with Crippen molar-refractivity contribution in [2.45, 2.75) is 69.6 Å². The van der Waals surface area contributed by atoms with Crippen LogP contribution in [0.2, 0.25) is 0 Å². The van der Waals surface area contributed by atoms with Crippen molar-refractivity contribution in [1.29, 1.82) is 0 Å². The molecule has 0 aliphatic carbocycles. The number of aliphatic carboxylic acids is 3. The minimum absolute atomic E-state index is 0.122.